The van der Waals surface area contributed by atoms with E-state index in [0.717, 1.165) is 0 Å². The van der Waals surface area contributed by atoms with Crippen molar-refractivity contribution in [1.29, 1.82) is 0 Å². The zero-order valence-electron chi connectivity index (χ0n) is 10.5. The molecule has 0 saturated heterocycles. The Morgan fingerprint density at radius 3 is 2.55 bits per heavy atom. The number of halogens is 1. The van der Waals surface area contributed by atoms with Crippen LogP contribution in [0.15, 0.2) is 42.5 Å². The van der Waals surface area contributed by atoms with E-state index in [1.54, 1.807) is 24.3 Å². The molecule has 0 unspecified atom stereocenters. The van der Waals surface area contributed by atoms with Gasteiger partial charge in [-0.05, 0) is 29.8 Å². The normalized spacial score (nSPS) is 10.1. The van der Waals surface area contributed by atoms with Crippen molar-refractivity contribution in [3.8, 4) is 0 Å². The Hall–Kier alpha value is -2.67. The maximum Gasteiger partial charge on any atom is 0.316 e. The van der Waals surface area contributed by atoms with Crippen LogP contribution < -0.4 is 16.6 Å². The molecule has 0 atom stereocenters. The van der Waals surface area contributed by atoms with Crippen molar-refractivity contribution in [2.24, 2.45) is 5.84 Å². The van der Waals surface area contributed by atoms with Gasteiger partial charge in [0.15, 0.2) is 0 Å². The van der Waals surface area contributed by atoms with Gasteiger partial charge >= 0.3 is 5.69 Å². The highest BCUT2D eigenvalue weighted by Gasteiger charge is 2.18. The van der Waals surface area contributed by atoms with Crippen molar-refractivity contribution >= 4 is 17.1 Å². The van der Waals surface area contributed by atoms with Gasteiger partial charge in [-0.15, -0.1) is 0 Å². The largest absolute Gasteiger partial charge is 0.375 e. The Balaban J connectivity index is 2.23. The number of rotatable bonds is 5. The molecule has 0 radical (unpaired) electrons. The van der Waals surface area contributed by atoms with Crippen LogP contribution in [0.25, 0.3) is 0 Å². The molecular weight excluding hydrogens is 263 g/mol. The Morgan fingerprint density at radius 1 is 1.20 bits per heavy atom. The fourth-order valence-corrected chi connectivity index (χ4v) is 1.84. The van der Waals surface area contributed by atoms with E-state index in [4.69, 9.17) is 5.84 Å². The molecule has 6 nitrogen and oxygen atoms in total. The minimum Gasteiger partial charge on any atom is -0.375 e. The van der Waals surface area contributed by atoms with Gasteiger partial charge in [0, 0.05) is 6.54 Å². The smallest absolute Gasteiger partial charge is 0.316 e. The zero-order valence-corrected chi connectivity index (χ0v) is 10.5. The van der Waals surface area contributed by atoms with Gasteiger partial charge in [-0.1, -0.05) is 18.2 Å². The molecule has 2 rings (SSSR count). The number of nitro benzene ring substituents is 1. The summed E-state index contributed by atoms with van der Waals surface area (Å²) in [5.41, 5.74) is 3.34. The number of nitrogens with two attached hydrogens (primary N) is 1. The number of anilines is 2. The summed E-state index contributed by atoms with van der Waals surface area (Å²) in [5, 5.41) is 14.0. The number of hydrazine groups is 1. The first kappa shape index (κ1) is 13.8. The quantitative estimate of drug-likeness (QED) is 0.443. The molecule has 20 heavy (non-hydrogen) atoms. The third-order valence-electron chi connectivity index (χ3n) is 2.75. The number of hydrogen-bond acceptors (Lipinski definition) is 5. The summed E-state index contributed by atoms with van der Waals surface area (Å²) in [6.45, 7) is 0.270. The van der Waals surface area contributed by atoms with Crippen molar-refractivity contribution < 1.29 is 9.31 Å². The number of para-hydroxylation sites is 1. The van der Waals surface area contributed by atoms with Crippen LogP contribution >= 0.6 is 0 Å². The average molecular weight is 276 g/mol. The SMILES string of the molecule is NNc1cccc(NCc2cccc(F)c2)c1[N+](=O)[O-]. The maximum absolute atomic E-state index is 13.1. The van der Waals surface area contributed by atoms with Gasteiger partial charge < -0.3 is 10.7 Å². The predicted octanol–water partition coefficient (Wildman–Crippen LogP) is 2.63. The number of benzene rings is 2. The fraction of sp³-hybridized carbons (Fsp3) is 0.0769. The van der Waals surface area contributed by atoms with E-state index in [0.29, 0.717) is 11.3 Å². The molecule has 0 heterocycles. The first-order valence-corrected chi connectivity index (χ1v) is 5.84. The van der Waals surface area contributed by atoms with Crippen LogP contribution in [-0.4, -0.2) is 4.92 Å². The average Bonchev–Trinajstić information content (AvgIpc) is 2.44. The standard InChI is InChI=1S/C13H13FN4O2/c14-10-4-1-3-9(7-10)8-16-11-5-2-6-12(17-15)13(11)18(19)20/h1-7,16-17H,8,15H2. The number of nitro groups is 1. The second-order valence-electron chi connectivity index (χ2n) is 4.09. The van der Waals surface area contributed by atoms with E-state index in [-0.39, 0.29) is 23.7 Å². The first-order chi connectivity index (χ1) is 9.61. The van der Waals surface area contributed by atoms with Crippen LogP contribution in [0, 0.1) is 15.9 Å². The molecule has 0 aliphatic rings. The van der Waals surface area contributed by atoms with Gasteiger partial charge in [0.25, 0.3) is 0 Å². The summed E-state index contributed by atoms with van der Waals surface area (Å²) in [4.78, 5) is 10.6. The van der Waals surface area contributed by atoms with E-state index in [9.17, 15) is 14.5 Å². The molecule has 0 spiro atoms. The molecular formula is C13H13FN4O2. The second kappa shape index (κ2) is 5.98. The van der Waals surface area contributed by atoms with E-state index in [1.165, 1.54) is 18.2 Å². The van der Waals surface area contributed by atoms with Crippen LogP contribution in [0.5, 0.6) is 0 Å². The van der Waals surface area contributed by atoms with Gasteiger partial charge in [-0.3, -0.25) is 16.0 Å². The number of nitrogen functional groups attached to an aromatic ring is 1. The molecule has 0 bridgehead atoms. The van der Waals surface area contributed by atoms with Crippen molar-refractivity contribution in [2.75, 3.05) is 10.7 Å². The minimum atomic E-state index is -0.525. The van der Waals surface area contributed by atoms with Gasteiger partial charge in [-0.2, -0.15) is 0 Å². The van der Waals surface area contributed by atoms with Gasteiger partial charge in [-0.25, -0.2) is 4.39 Å². The zero-order chi connectivity index (χ0) is 14.5. The van der Waals surface area contributed by atoms with Crippen LogP contribution in [0.1, 0.15) is 5.56 Å². The summed E-state index contributed by atoms with van der Waals surface area (Å²) in [5.74, 6) is 4.90. The summed E-state index contributed by atoms with van der Waals surface area (Å²) in [6.07, 6.45) is 0. The number of nitrogens with one attached hydrogen (secondary N) is 2. The van der Waals surface area contributed by atoms with Gasteiger partial charge in [0.2, 0.25) is 0 Å². The summed E-state index contributed by atoms with van der Waals surface area (Å²) in [6, 6.07) is 10.7. The second-order valence-corrected chi connectivity index (χ2v) is 4.09. The van der Waals surface area contributed by atoms with E-state index in [1.807, 2.05) is 0 Å². The maximum atomic E-state index is 13.1. The Morgan fingerprint density at radius 2 is 1.90 bits per heavy atom. The molecule has 0 saturated carbocycles. The van der Waals surface area contributed by atoms with Crippen molar-refractivity contribution in [1.82, 2.24) is 0 Å². The van der Waals surface area contributed by atoms with Crippen molar-refractivity contribution in [3.63, 3.8) is 0 Å². The molecule has 2 aromatic rings. The summed E-state index contributed by atoms with van der Waals surface area (Å²) < 4.78 is 13.1. The lowest BCUT2D eigenvalue weighted by atomic mass is 10.2. The Kier molecular flexibility index (Phi) is 4.11. The van der Waals surface area contributed by atoms with Crippen molar-refractivity contribution in [2.45, 2.75) is 6.54 Å². The van der Waals surface area contributed by atoms with Crippen LogP contribution in [0.3, 0.4) is 0 Å². The molecule has 0 amide bonds. The molecule has 0 aliphatic heterocycles. The molecule has 0 aromatic heterocycles. The molecule has 7 heteroatoms. The first-order valence-electron chi connectivity index (χ1n) is 5.84. The lowest BCUT2D eigenvalue weighted by molar-refractivity contribution is -0.383. The Labute approximate surface area is 114 Å². The molecule has 2 aromatic carbocycles. The van der Waals surface area contributed by atoms with Gasteiger partial charge in [0.05, 0.1) is 4.92 Å². The van der Waals surface area contributed by atoms with Crippen molar-refractivity contribution in [3.05, 3.63) is 64.0 Å². The minimum absolute atomic E-state index is 0.147. The molecule has 0 aliphatic carbocycles. The third kappa shape index (κ3) is 3.01. The predicted molar refractivity (Wildman–Crippen MR) is 74.6 cm³/mol. The van der Waals surface area contributed by atoms with Gasteiger partial charge in [0.1, 0.15) is 17.2 Å². The molecule has 0 fully saturated rings. The lowest BCUT2D eigenvalue weighted by Gasteiger charge is -2.10. The van der Waals surface area contributed by atoms with E-state index in [2.05, 4.69) is 10.7 Å². The highest BCUT2D eigenvalue weighted by Crippen LogP contribution is 2.32. The monoisotopic (exact) mass is 276 g/mol. The summed E-state index contributed by atoms with van der Waals surface area (Å²) in [7, 11) is 0. The topological polar surface area (TPSA) is 93.2 Å². The molecule has 104 valence electrons. The Bertz CT molecular complexity index is 634. The summed E-state index contributed by atoms with van der Waals surface area (Å²) >= 11 is 0. The lowest BCUT2D eigenvalue weighted by Crippen LogP contribution is -2.11. The van der Waals surface area contributed by atoms with Crippen LogP contribution in [-0.2, 0) is 6.54 Å². The van der Waals surface area contributed by atoms with E-state index >= 15 is 0 Å². The number of nitrogens with zero attached hydrogens (tertiary/aromatic N) is 1. The fourth-order valence-electron chi connectivity index (χ4n) is 1.84. The van der Waals surface area contributed by atoms with Crippen LogP contribution in [0.4, 0.5) is 21.5 Å². The highest BCUT2D eigenvalue weighted by molar-refractivity contribution is 5.75. The highest BCUT2D eigenvalue weighted by atomic mass is 19.1. The number of hydrogen-bond donors (Lipinski definition) is 3. The third-order valence-corrected chi connectivity index (χ3v) is 2.75. The molecule has 4 N–H and O–H groups in total. The van der Waals surface area contributed by atoms with E-state index < -0.39 is 4.92 Å². The van der Waals surface area contributed by atoms with Crippen LogP contribution in [0.2, 0.25) is 0 Å².